The predicted octanol–water partition coefficient (Wildman–Crippen LogP) is 1.69. The van der Waals surface area contributed by atoms with Crippen LogP contribution in [0.5, 0.6) is 0 Å². The van der Waals surface area contributed by atoms with Gasteiger partial charge in [0.05, 0.1) is 0 Å². The summed E-state index contributed by atoms with van der Waals surface area (Å²) in [6.07, 6.45) is -0.157. The monoisotopic (exact) mass is 310 g/mol. The van der Waals surface area contributed by atoms with Gasteiger partial charge in [0.1, 0.15) is 0 Å². The van der Waals surface area contributed by atoms with E-state index in [1.54, 1.807) is 0 Å². The second-order valence-corrected chi connectivity index (χ2v) is 11.3. The van der Waals surface area contributed by atoms with E-state index in [-0.39, 0.29) is 6.13 Å². The molecular formula is C13H10BCl3Si. The molecule has 0 saturated heterocycles. The van der Waals surface area contributed by atoms with E-state index in [2.05, 4.69) is 12.1 Å². The fourth-order valence-corrected chi connectivity index (χ4v) is 7.24. The summed E-state index contributed by atoms with van der Waals surface area (Å²) < 4.78 is 0. The topological polar surface area (TPSA) is 0 Å². The lowest BCUT2D eigenvalue weighted by molar-refractivity contribution is 1.50. The Morgan fingerprint density at radius 1 is 0.944 bits per heavy atom. The highest BCUT2D eigenvalue weighted by atomic mass is 35.7. The molecule has 0 nitrogen and oxygen atoms in total. The molecule has 5 heteroatoms. The summed E-state index contributed by atoms with van der Waals surface area (Å²) in [4.78, 5) is 0. The van der Waals surface area contributed by atoms with Crippen molar-refractivity contribution in [1.29, 1.82) is 0 Å². The van der Waals surface area contributed by atoms with Gasteiger partial charge in [-0.1, -0.05) is 59.0 Å². The predicted molar refractivity (Wildman–Crippen MR) is 85.2 cm³/mol. The van der Waals surface area contributed by atoms with Gasteiger partial charge in [0.2, 0.25) is 0 Å². The molecule has 0 aromatic heterocycles. The van der Waals surface area contributed by atoms with E-state index < -0.39 is 6.69 Å². The lowest BCUT2D eigenvalue weighted by Gasteiger charge is -2.30. The third-order valence-corrected chi connectivity index (χ3v) is 8.55. The summed E-state index contributed by atoms with van der Waals surface area (Å²) in [6, 6.07) is 14.1. The molecule has 1 heterocycles. The first-order valence-electron chi connectivity index (χ1n) is 5.74. The number of rotatable bonds is 0. The fourth-order valence-electron chi connectivity index (χ4n) is 2.48. The molecule has 0 spiro atoms. The van der Waals surface area contributed by atoms with Crippen LogP contribution in [0.15, 0.2) is 42.5 Å². The zero-order valence-electron chi connectivity index (χ0n) is 9.75. The SMILES string of the molecule is Cc1ccc2c(c1)[Si](Cl)(Cl)c1ccccc1B2Cl. The van der Waals surface area contributed by atoms with Gasteiger partial charge in [-0.2, -0.15) is 11.5 Å². The van der Waals surface area contributed by atoms with E-state index in [1.165, 1.54) is 0 Å². The number of halogens is 3. The van der Waals surface area contributed by atoms with Crippen molar-refractivity contribution in [2.45, 2.75) is 6.92 Å². The molecule has 0 radical (unpaired) electrons. The maximum atomic E-state index is 6.72. The van der Waals surface area contributed by atoms with Gasteiger partial charge < -0.3 is 0 Å². The molecule has 0 N–H and O–H groups in total. The number of benzene rings is 2. The van der Waals surface area contributed by atoms with E-state index in [1.807, 2.05) is 37.3 Å². The van der Waals surface area contributed by atoms with Gasteiger partial charge in [0.15, 0.2) is 0 Å². The molecule has 0 unspecified atom stereocenters. The van der Waals surface area contributed by atoms with Crippen LogP contribution in [-0.2, 0) is 0 Å². The molecule has 0 bridgehead atoms. The normalized spacial score (nSPS) is 16.1. The standard InChI is InChI=1S/C13H10BCl3Si/c1-9-6-7-11-13(8-9)18(16,17)12-5-3-2-4-10(12)14(11)15/h2-8H,1H3. The maximum absolute atomic E-state index is 6.72. The van der Waals surface area contributed by atoms with E-state index >= 15 is 0 Å². The van der Waals surface area contributed by atoms with Gasteiger partial charge in [0.25, 0.3) is 0 Å². The Balaban J connectivity index is 2.33. The van der Waals surface area contributed by atoms with Crippen LogP contribution in [0.4, 0.5) is 0 Å². The Hall–Kier alpha value is -0.408. The van der Waals surface area contributed by atoms with Crippen molar-refractivity contribution in [3.05, 3.63) is 48.0 Å². The molecule has 0 fully saturated rings. The Kier molecular flexibility index (Phi) is 3.02. The van der Waals surface area contributed by atoms with E-state index in [0.29, 0.717) is 0 Å². The van der Waals surface area contributed by atoms with Gasteiger partial charge in [-0.15, -0.1) is 22.2 Å². The highest BCUT2D eigenvalue weighted by molar-refractivity contribution is 7.58. The zero-order chi connectivity index (χ0) is 12.9. The first-order valence-corrected chi connectivity index (χ1v) is 10.2. The molecular weight excluding hydrogens is 301 g/mol. The minimum Gasteiger partial charge on any atom is -0.182 e. The van der Waals surface area contributed by atoms with Crippen LogP contribution >= 0.6 is 33.6 Å². The minimum absolute atomic E-state index is 0.157. The van der Waals surface area contributed by atoms with Gasteiger partial charge in [-0.05, 0) is 17.3 Å². The molecule has 90 valence electrons. The number of aryl methyl sites for hydroxylation is 1. The van der Waals surface area contributed by atoms with Crippen LogP contribution in [0.3, 0.4) is 0 Å². The molecule has 2 aromatic carbocycles. The highest BCUT2D eigenvalue weighted by Gasteiger charge is 2.44. The third-order valence-electron chi connectivity index (χ3n) is 3.39. The number of hydrogen-bond acceptors (Lipinski definition) is 0. The Morgan fingerprint density at radius 3 is 2.39 bits per heavy atom. The highest BCUT2D eigenvalue weighted by Crippen LogP contribution is 2.18. The van der Waals surface area contributed by atoms with E-state index in [0.717, 1.165) is 26.9 Å². The smallest absolute Gasteiger partial charge is 0.182 e. The van der Waals surface area contributed by atoms with Gasteiger partial charge in [0, 0.05) is 0 Å². The maximum Gasteiger partial charge on any atom is 0.315 e. The van der Waals surface area contributed by atoms with Crippen LogP contribution in [-0.4, -0.2) is 12.8 Å². The van der Waals surface area contributed by atoms with Crippen molar-refractivity contribution in [3.63, 3.8) is 0 Å². The fraction of sp³-hybridized carbons (Fsp3) is 0.0769. The molecule has 0 saturated carbocycles. The van der Waals surface area contributed by atoms with E-state index in [9.17, 15) is 0 Å². The molecule has 0 atom stereocenters. The van der Waals surface area contributed by atoms with Crippen LogP contribution in [0, 0.1) is 6.92 Å². The third kappa shape index (κ3) is 1.75. The Morgan fingerprint density at radius 2 is 1.61 bits per heavy atom. The molecule has 18 heavy (non-hydrogen) atoms. The minimum atomic E-state index is -2.64. The van der Waals surface area contributed by atoms with Crippen LogP contribution in [0.25, 0.3) is 0 Å². The summed E-state index contributed by atoms with van der Waals surface area (Å²) in [5.41, 5.74) is 3.26. The first-order chi connectivity index (χ1) is 8.51. The van der Waals surface area contributed by atoms with Gasteiger partial charge >= 0.3 is 12.8 Å². The molecule has 1 aliphatic heterocycles. The lowest BCUT2D eigenvalue weighted by atomic mass is 9.61. The molecule has 0 amide bonds. The molecule has 2 aromatic rings. The summed E-state index contributed by atoms with van der Waals surface area (Å²) in [6.45, 7) is -0.601. The largest absolute Gasteiger partial charge is 0.315 e. The van der Waals surface area contributed by atoms with Crippen molar-refractivity contribution in [1.82, 2.24) is 0 Å². The summed E-state index contributed by atoms with van der Waals surface area (Å²) in [5, 5.41) is 2.05. The van der Waals surface area contributed by atoms with Crippen LogP contribution in [0.2, 0.25) is 0 Å². The number of hydrogen-bond donors (Lipinski definition) is 0. The lowest BCUT2D eigenvalue weighted by Crippen LogP contribution is -2.70. The van der Waals surface area contributed by atoms with Crippen molar-refractivity contribution < 1.29 is 0 Å². The zero-order valence-corrected chi connectivity index (χ0v) is 13.0. The Labute approximate surface area is 122 Å². The van der Waals surface area contributed by atoms with E-state index in [4.69, 9.17) is 33.6 Å². The van der Waals surface area contributed by atoms with Crippen LogP contribution < -0.4 is 21.3 Å². The van der Waals surface area contributed by atoms with Crippen LogP contribution in [0.1, 0.15) is 5.56 Å². The van der Waals surface area contributed by atoms with Gasteiger partial charge in [-0.3, -0.25) is 0 Å². The average Bonchev–Trinajstić information content (AvgIpc) is 2.36. The van der Waals surface area contributed by atoms with Crippen molar-refractivity contribution in [2.75, 3.05) is 0 Å². The first kappa shape index (κ1) is 12.6. The summed E-state index contributed by atoms with van der Waals surface area (Å²) in [7, 11) is 0. The quantitative estimate of drug-likeness (QED) is 0.513. The molecule has 1 aliphatic rings. The second-order valence-electron chi connectivity index (χ2n) is 4.61. The summed E-state index contributed by atoms with van der Waals surface area (Å²) in [5.74, 6) is 0. The second kappa shape index (κ2) is 4.31. The Bertz CT molecular complexity index is 627. The average molecular weight is 311 g/mol. The number of fused-ring (bicyclic) bond motifs is 2. The van der Waals surface area contributed by atoms with Crippen molar-refractivity contribution in [3.8, 4) is 0 Å². The van der Waals surface area contributed by atoms with Crippen molar-refractivity contribution >= 4 is 67.7 Å². The van der Waals surface area contributed by atoms with Crippen molar-refractivity contribution in [2.24, 2.45) is 0 Å². The summed E-state index contributed by atoms with van der Waals surface area (Å²) >= 11 is 20.0. The molecule has 0 aliphatic carbocycles. The molecule has 3 rings (SSSR count). The van der Waals surface area contributed by atoms with Gasteiger partial charge in [-0.25, -0.2) is 0 Å².